The molecule has 10 nitrogen and oxygen atoms in total. The van der Waals surface area contributed by atoms with E-state index in [0.717, 1.165) is 47.7 Å². The highest BCUT2D eigenvalue weighted by Crippen LogP contribution is 2.30. The Morgan fingerprint density at radius 3 is 2.51 bits per heavy atom. The Balaban J connectivity index is 1.34. The average molecular weight is 658 g/mol. The van der Waals surface area contributed by atoms with Crippen molar-refractivity contribution in [1.82, 2.24) is 9.29 Å². The molecule has 1 aromatic heterocycles. The number of hydrogen-bond donors (Lipinski definition) is 3. The molecule has 0 radical (unpaired) electrons. The van der Waals surface area contributed by atoms with Gasteiger partial charge in [-0.1, -0.05) is 43.9 Å². The molecule has 1 unspecified atom stereocenters. The Labute approximate surface area is 275 Å². The van der Waals surface area contributed by atoms with Crippen molar-refractivity contribution in [2.45, 2.75) is 63.1 Å². The Bertz CT molecular complexity index is 1970. The summed E-state index contributed by atoms with van der Waals surface area (Å²) >= 11 is 0. The topological polar surface area (TPSA) is 136 Å². The van der Waals surface area contributed by atoms with Gasteiger partial charge in [0, 0.05) is 47.4 Å². The number of aryl methyl sites for hydroxylation is 1. The Kier molecular flexibility index (Phi) is 10.2. The summed E-state index contributed by atoms with van der Waals surface area (Å²) in [5.41, 5.74) is 3.60. The van der Waals surface area contributed by atoms with Crippen LogP contribution in [0.25, 0.3) is 10.9 Å². The van der Waals surface area contributed by atoms with E-state index in [1.54, 1.807) is 32.0 Å². The van der Waals surface area contributed by atoms with Crippen molar-refractivity contribution in [3.63, 3.8) is 0 Å². The zero-order chi connectivity index (χ0) is 33.7. The molecular weight excluding hydrogens is 618 g/mol. The van der Waals surface area contributed by atoms with E-state index in [1.165, 1.54) is 31.4 Å². The number of fused-ring (bicyclic) bond motifs is 1. The van der Waals surface area contributed by atoms with Crippen LogP contribution in [0.15, 0.2) is 71.8 Å². The number of nitrogens with one attached hydrogen (secondary N) is 2. The number of ether oxygens (including phenoxy) is 2. The maximum atomic E-state index is 13.3. The standard InChI is InChI=1S/C36H39N3O7S/c1-23(2)32(40)18-15-24-9-5-8-12-34(24)47(43,44)38-35(41)26-14-13-25(33(20-26)45-4)19-27-22-39(3)31-17-16-28(21-30(27)31)37-36(42)46-29-10-6-7-11-29/h5,8-9,12-14,16-17,20-23,29,32,40H,6-7,10-11,19H2,1-4H3,(H,37,42)(H,38,41). The van der Waals surface area contributed by atoms with Gasteiger partial charge in [-0.25, -0.2) is 17.9 Å². The third kappa shape index (κ3) is 7.96. The fourth-order valence-corrected chi connectivity index (χ4v) is 6.73. The minimum atomic E-state index is -4.29. The molecule has 1 aliphatic carbocycles. The molecule has 4 aromatic rings. The zero-order valence-electron chi connectivity index (χ0n) is 26.9. The molecule has 2 amide bonds. The summed E-state index contributed by atoms with van der Waals surface area (Å²) in [5, 5.41) is 13.8. The lowest BCUT2D eigenvalue weighted by molar-refractivity contribution is 0.0980. The molecular formula is C36H39N3O7S. The lowest BCUT2D eigenvalue weighted by atomic mass is 10.0. The molecule has 0 aliphatic heterocycles. The van der Waals surface area contributed by atoms with Gasteiger partial charge in [-0.15, -0.1) is 0 Å². The lowest BCUT2D eigenvalue weighted by Gasteiger charge is -2.13. The number of methoxy groups -OCH3 is 1. The number of benzene rings is 3. The Morgan fingerprint density at radius 2 is 1.79 bits per heavy atom. The molecule has 1 atom stereocenters. The van der Waals surface area contributed by atoms with Gasteiger partial charge in [0.15, 0.2) is 0 Å². The fourth-order valence-electron chi connectivity index (χ4n) is 5.59. The summed E-state index contributed by atoms with van der Waals surface area (Å²) in [6.45, 7) is 3.60. The van der Waals surface area contributed by atoms with Crippen molar-refractivity contribution in [2.24, 2.45) is 13.0 Å². The summed E-state index contributed by atoms with van der Waals surface area (Å²) in [4.78, 5) is 25.5. The fraction of sp³-hybridized carbons (Fsp3) is 0.333. The molecule has 5 rings (SSSR count). The number of carbonyl (C=O) groups is 2. The normalized spacial score (nSPS) is 14.0. The average Bonchev–Trinajstić information content (AvgIpc) is 3.66. The van der Waals surface area contributed by atoms with Crippen LogP contribution >= 0.6 is 0 Å². The summed E-state index contributed by atoms with van der Waals surface area (Å²) in [6.07, 6.45) is 4.94. The summed E-state index contributed by atoms with van der Waals surface area (Å²) in [7, 11) is -0.868. The number of carbonyl (C=O) groups excluding carboxylic acids is 2. The minimum absolute atomic E-state index is 0.0386. The molecule has 0 spiro atoms. The van der Waals surface area contributed by atoms with Crippen LogP contribution in [-0.4, -0.2) is 49.4 Å². The van der Waals surface area contributed by atoms with E-state index in [1.807, 2.05) is 36.0 Å². The van der Waals surface area contributed by atoms with E-state index < -0.39 is 28.1 Å². The smallest absolute Gasteiger partial charge is 0.411 e. The second-order valence-corrected chi connectivity index (χ2v) is 13.7. The lowest BCUT2D eigenvalue weighted by Crippen LogP contribution is -2.31. The molecule has 1 fully saturated rings. The minimum Gasteiger partial charge on any atom is -0.496 e. The van der Waals surface area contributed by atoms with Gasteiger partial charge in [0.2, 0.25) is 0 Å². The van der Waals surface area contributed by atoms with Crippen LogP contribution in [0.4, 0.5) is 10.5 Å². The first kappa shape index (κ1) is 33.6. The highest BCUT2D eigenvalue weighted by molar-refractivity contribution is 7.90. The van der Waals surface area contributed by atoms with Crippen molar-refractivity contribution >= 4 is 38.6 Å². The van der Waals surface area contributed by atoms with Crippen LogP contribution in [0.1, 0.15) is 66.6 Å². The maximum absolute atomic E-state index is 13.3. The van der Waals surface area contributed by atoms with Gasteiger partial charge < -0.3 is 19.1 Å². The number of rotatable bonds is 9. The Morgan fingerprint density at radius 1 is 1.04 bits per heavy atom. The van der Waals surface area contributed by atoms with Crippen molar-refractivity contribution in [2.75, 3.05) is 12.4 Å². The van der Waals surface area contributed by atoms with E-state index >= 15 is 0 Å². The third-order valence-electron chi connectivity index (χ3n) is 8.21. The highest BCUT2D eigenvalue weighted by Gasteiger charge is 2.23. The third-order valence-corrected chi connectivity index (χ3v) is 9.60. The predicted octanol–water partition coefficient (Wildman–Crippen LogP) is 5.76. The number of anilines is 1. The number of hydrogen-bond acceptors (Lipinski definition) is 7. The van der Waals surface area contributed by atoms with Crippen molar-refractivity contribution in [1.29, 1.82) is 0 Å². The molecule has 1 saturated carbocycles. The van der Waals surface area contributed by atoms with Gasteiger partial charge in [0.25, 0.3) is 15.9 Å². The maximum Gasteiger partial charge on any atom is 0.411 e. The van der Waals surface area contributed by atoms with Crippen molar-refractivity contribution < 1.29 is 32.6 Å². The summed E-state index contributed by atoms with van der Waals surface area (Å²) < 4.78 is 41.8. The van der Waals surface area contributed by atoms with E-state index in [-0.39, 0.29) is 28.0 Å². The van der Waals surface area contributed by atoms with Crippen molar-refractivity contribution in [3.05, 3.63) is 89.1 Å². The first-order valence-corrected chi connectivity index (χ1v) is 17.0. The second kappa shape index (κ2) is 14.3. The van der Waals surface area contributed by atoms with Crippen LogP contribution in [0.2, 0.25) is 0 Å². The van der Waals surface area contributed by atoms with E-state index in [9.17, 15) is 23.1 Å². The molecule has 1 heterocycles. The molecule has 3 aromatic carbocycles. The van der Waals surface area contributed by atoms with Gasteiger partial charge in [-0.2, -0.15) is 0 Å². The van der Waals surface area contributed by atoms with Gasteiger partial charge in [0.1, 0.15) is 22.9 Å². The SMILES string of the molecule is COc1cc(C(=O)NS(=O)(=O)c2ccccc2C#CC(O)C(C)C)ccc1Cc1cn(C)c2ccc(NC(=O)OC3CCCC3)cc12. The van der Waals surface area contributed by atoms with E-state index in [4.69, 9.17) is 9.47 Å². The van der Waals surface area contributed by atoms with E-state index in [0.29, 0.717) is 17.9 Å². The summed E-state index contributed by atoms with van der Waals surface area (Å²) in [6, 6.07) is 16.5. The van der Waals surface area contributed by atoms with Crippen LogP contribution in [0, 0.1) is 17.8 Å². The Hall–Kier alpha value is -4.79. The number of aliphatic hydroxyl groups is 1. The first-order valence-electron chi connectivity index (χ1n) is 15.5. The van der Waals surface area contributed by atoms with E-state index in [2.05, 4.69) is 21.9 Å². The molecule has 11 heteroatoms. The largest absolute Gasteiger partial charge is 0.496 e. The molecule has 0 saturated heterocycles. The van der Waals surface area contributed by atoms with Gasteiger partial charge in [-0.05, 0) is 85.2 Å². The number of sulfonamides is 1. The number of aromatic nitrogens is 1. The molecule has 47 heavy (non-hydrogen) atoms. The van der Waals surface area contributed by atoms with Crippen LogP contribution < -0.4 is 14.8 Å². The predicted molar refractivity (Wildman–Crippen MR) is 180 cm³/mol. The molecule has 3 N–H and O–H groups in total. The first-order chi connectivity index (χ1) is 22.4. The van der Waals surface area contributed by atoms with Crippen LogP contribution in [-0.2, 0) is 28.2 Å². The number of nitrogens with zero attached hydrogens (tertiary/aromatic N) is 1. The van der Waals surface area contributed by atoms with Gasteiger partial charge in [0.05, 0.1) is 7.11 Å². The monoisotopic (exact) mass is 657 g/mol. The van der Waals surface area contributed by atoms with Gasteiger partial charge >= 0.3 is 6.09 Å². The molecule has 1 aliphatic rings. The summed E-state index contributed by atoms with van der Waals surface area (Å²) in [5.74, 6) is 4.84. The zero-order valence-corrected chi connectivity index (χ0v) is 27.7. The van der Waals surface area contributed by atoms with Crippen molar-refractivity contribution in [3.8, 4) is 17.6 Å². The quantitative estimate of drug-likeness (QED) is 0.195. The van der Waals surface area contributed by atoms with Crippen LogP contribution in [0.3, 0.4) is 0 Å². The number of amides is 2. The molecule has 0 bridgehead atoms. The second-order valence-electron chi connectivity index (χ2n) is 12.0. The molecule has 246 valence electrons. The number of aliphatic hydroxyl groups excluding tert-OH is 1. The van der Waals surface area contributed by atoms with Crippen LogP contribution in [0.5, 0.6) is 5.75 Å². The van der Waals surface area contributed by atoms with Gasteiger partial charge in [-0.3, -0.25) is 10.1 Å². The highest BCUT2D eigenvalue weighted by atomic mass is 32.2.